The molecule has 0 unspecified atom stereocenters. The van der Waals surface area contributed by atoms with E-state index in [1.165, 1.54) is 39.4 Å². The minimum Gasteiger partial charge on any atom is -0.337 e. The molecular weight excluding hydrogens is 421 g/mol. The molecule has 1 aromatic heterocycles. The van der Waals surface area contributed by atoms with Crippen molar-refractivity contribution < 1.29 is 4.57 Å². The Morgan fingerprint density at radius 3 is 1.67 bits per heavy atom. The van der Waals surface area contributed by atoms with Crippen LogP contribution in [0.3, 0.4) is 0 Å². The van der Waals surface area contributed by atoms with Gasteiger partial charge in [-0.2, -0.15) is 0 Å². The van der Waals surface area contributed by atoms with Crippen molar-refractivity contribution in [2.75, 3.05) is 0 Å². The Balaban J connectivity index is 2.42. The molecule has 3 aromatic rings. The van der Waals surface area contributed by atoms with Gasteiger partial charge >= 0.3 is 7.41 Å². The van der Waals surface area contributed by atoms with E-state index in [0.29, 0.717) is 23.7 Å². The summed E-state index contributed by atoms with van der Waals surface area (Å²) in [5.74, 6) is 1.71. The highest BCUT2D eigenvalue weighted by atomic mass is 32.1. The van der Waals surface area contributed by atoms with Gasteiger partial charge in [0.1, 0.15) is 23.8 Å². The van der Waals surface area contributed by atoms with E-state index >= 15 is 0 Å². The number of thiocyanates is 1. The molecule has 3 nitrogen and oxygen atoms in total. The topological polar surface area (TPSA) is 13.2 Å². The molecule has 0 aliphatic heterocycles. The van der Waals surface area contributed by atoms with Gasteiger partial charge in [-0.1, -0.05) is 91.8 Å². The van der Waals surface area contributed by atoms with E-state index in [-0.39, 0.29) is 0 Å². The first-order valence-corrected chi connectivity index (χ1v) is 12.8. The van der Waals surface area contributed by atoms with Gasteiger partial charge < -0.3 is 4.76 Å². The average molecular weight is 461 g/mol. The molecule has 0 saturated carbocycles. The second kappa shape index (κ2) is 10.7. The number of rotatable bonds is 7. The van der Waals surface area contributed by atoms with Crippen molar-refractivity contribution in [2.45, 2.75) is 79.1 Å². The summed E-state index contributed by atoms with van der Waals surface area (Å²) in [5, 5.41) is 2.76. The van der Waals surface area contributed by atoms with Gasteiger partial charge in [-0.3, -0.25) is 0 Å². The number of aromatic nitrogens is 2. The number of nitrogens with zero attached hydrogens (tertiary/aromatic N) is 3. The molecule has 1 heterocycles. The van der Waals surface area contributed by atoms with Gasteiger partial charge in [0.15, 0.2) is 5.72 Å². The van der Waals surface area contributed by atoms with Crippen LogP contribution in [0.15, 0.2) is 48.8 Å². The first kappa shape index (κ1) is 25.2. The fraction of sp³-hybridized carbons (Fsp3) is 0.429. The van der Waals surface area contributed by atoms with Gasteiger partial charge in [-0.05, 0) is 36.3 Å². The van der Waals surface area contributed by atoms with Crippen LogP contribution in [0.4, 0.5) is 0 Å². The summed E-state index contributed by atoms with van der Waals surface area (Å²) < 4.78 is 9.39. The minimum absolute atomic E-state index is 0.427. The van der Waals surface area contributed by atoms with Crippen molar-refractivity contribution >= 4 is 25.8 Å². The van der Waals surface area contributed by atoms with Gasteiger partial charge in [0.05, 0.1) is 0 Å². The van der Waals surface area contributed by atoms with Crippen LogP contribution in [0.5, 0.6) is 0 Å². The normalized spacial score (nSPS) is 11.5. The van der Waals surface area contributed by atoms with Crippen LogP contribution in [-0.4, -0.2) is 12.0 Å². The maximum Gasteiger partial charge on any atom is 0.483 e. The zero-order chi connectivity index (χ0) is 24.3. The molecule has 0 amide bonds. The predicted octanol–water partition coefficient (Wildman–Crippen LogP) is 6.18. The van der Waals surface area contributed by atoms with Crippen molar-refractivity contribution in [3.05, 3.63) is 75.8 Å². The molecule has 0 radical (unpaired) electrons. The Hall–Kier alpha value is -2.45. The molecule has 5 heteroatoms. The fourth-order valence-electron chi connectivity index (χ4n) is 4.88. The molecule has 0 saturated heterocycles. The lowest BCUT2D eigenvalue weighted by Gasteiger charge is -2.20. The van der Waals surface area contributed by atoms with E-state index in [9.17, 15) is 0 Å². The molecule has 0 bridgehead atoms. The standard InChI is InChI=1S/C28H38BN3S/c1-18(2)22-11-9-12-23(19(3)4)26(22)31-15-16-32(28(31)29-30-17-33)27-24(20(5)6)13-10-14-25(27)21(7)8/h9-16,18-21H,29H2,1-8H3/p+1. The van der Waals surface area contributed by atoms with Gasteiger partial charge in [-0.25, -0.2) is 9.13 Å². The van der Waals surface area contributed by atoms with Crippen LogP contribution in [0.2, 0.25) is 0 Å². The SMILES string of the molecule is CC(C)c1cccc(C(C)C)c1-n1cc[n+](-c2c(C(C)C)cccc2C(C)C)c1[BH2-][N+]#CS. The molecule has 0 spiro atoms. The van der Waals surface area contributed by atoms with Crippen LogP contribution in [-0.2, 0) is 0 Å². The number of hydrogen-bond donors (Lipinski definition) is 1. The van der Waals surface area contributed by atoms with Gasteiger partial charge in [0.2, 0.25) is 0 Å². The number of benzene rings is 2. The van der Waals surface area contributed by atoms with Crippen LogP contribution in [0.1, 0.15) is 101 Å². The van der Waals surface area contributed by atoms with E-state index < -0.39 is 7.41 Å². The summed E-state index contributed by atoms with van der Waals surface area (Å²) in [4.78, 5) is 0. The summed E-state index contributed by atoms with van der Waals surface area (Å²) in [7, 11) is -0.862. The maximum atomic E-state index is 4.58. The van der Waals surface area contributed by atoms with E-state index in [0.717, 1.165) is 0 Å². The highest BCUT2D eigenvalue weighted by Gasteiger charge is 2.29. The summed E-state index contributed by atoms with van der Waals surface area (Å²) >= 11 is 4.18. The first-order valence-electron chi connectivity index (χ1n) is 12.4. The van der Waals surface area contributed by atoms with Crippen molar-refractivity contribution in [1.29, 1.82) is 0 Å². The predicted molar refractivity (Wildman–Crippen MR) is 148 cm³/mol. The van der Waals surface area contributed by atoms with Gasteiger partial charge in [0.25, 0.3) is 5.40 Å². The molecule has 0 aliphatic rings. The number of imidazole rings is 1. The molecule has 0 N–H and O–H groups in total. The molecule has 2 aromatic carbocycles. The molecule has 0 atom stereocenters. The van der Waals surface area contributed by atoms with E-state index in [2.05, 4.69) is 136 Å². The molecule has 0 aliphatic carbocycles. The van der Waals surface area contributed by atoms with Crippen molar-refractivity contribution in [2.24, 2.45) is 0 Å². The van der Waals surface area contributed by atoms with Crippen molar-refractivity contribution in [3.8, 4) is 16.8 Å². The van der Waals surface area contributed by atoms with Gasteiger partial charge in [0, 0.05) is 22.3 Å². The number of hydrogen-bond acceptors (Lipinski definition) is 1. The maximum absolute atomic E-state index is 4.58. The second-order valence-electron chi connectivity index (χ2n) is 10.3. The lowest BCUT2D eigenvalue weighted by atomic mass is 9.88. The average Bonchev–Trinajstić information content (AvgIpc) is 3.19. The van der Waals surface area contributed by atoms with E-state index in [4.69, 9.17) is 0 Å². The monoisotopic (exact) mass is 460 g/mol. The molecular formula is C28H39BN3S+. The first-order chi connectivity index (χ1) is 15.7. The Morgan fingerprint density at radius 1 is 0.788 bits per heavy atom. The summed E-state index contributed by atoms with van der Waals surface area (Å²) in [6, 6.07) is 13.5. The highest BCUT2D eigenvalue weighted by molar-refractivity contribution is 7.85. The van der Waals surface area contributed by atoms with Crippen molar-refractivity contribution in [3.63, 3.8) is 0 Å². The van der Waals surface area contributed by atoms with Gasteiger partial charge in [-0.15, -0.1) is 0 Å². The summed E-state index contributed by atoms with van der Waals surface area (Å²) in [6.45, 7) is 18.2. The quantitative estimate of drug-likeness (QED) is 0.187. The third-order valence-corrected chi connectivity index (χ3v) is 6.84. The fourth-order valence-corrected chi connectivity index (χ4v) is 4.98. The van der Waals surface area contributed by atoms with E-state index in [1.54, 1.807) is 0 Å². The Kier molecular flexibility index (Phi) is 8.13. The highest BCUT2D eigenvalue weighted by Crippen LogP contribution is 2.31. The van der Waals surface area contributed by atoms with Crippen LogP contribution < -0.4 is 10.3 Å². The number of para-hydroxylation sites is 2. The molecule has 33 heavy (non-hydrogen) atoms. The summed E-state index contributed by atoms with van der Waals surface area (Å²) in [6.07, 6.45) is 4.47. The minimum atomic E-state index is -0.862. The van der Waals surface area contributed by atoms with E-state index in [1.807, 2.05) is 0 Å². The number of thiol groups is 1. The van der Waals surface area contributed by atoms with Crippen LogP contribution in [0.25, 0.3) is 16.1 Å². The third kappa shape index (κ3) is 5.07. The lowest BCUT2D eigenvalue weighted by Crippen LogP contribution is -2.52. The largest absolute Gasteiger partial charge is 0.483 e. The summed E-state index contributed by atoms with van der Waals surface area (Å²) in [5.41, 5.74) is 9.34. The van der Waals surface area contributed by atoms with Crippen LogP contribution in [0, 0.1) is 5.40 Å². The Bertz CT molecular complexity index is 1050. The zero-order valence-electron chi connectivity index (χ0n) is 21.7. The molecule has 3 rings (SSSR count). The molecule has 174 valence electrons. The zero-order valence-corrected chi connectivity index (χ0v) is 22.6. The molecule has 0 fully saturated rings. The Labute approximate surface area is 206 Å². The second-order valence-corrected chi connectivity index (χ2v) is 10.5. The van der Waals surface area contributed by atoms with Crippen LogP contribution >= 0.6 is 12.6 Å². The Morgan fingerprint density at radius 2 is 1.24 bits per heavy atom. The lowest BCUT2D eigenvalue weighted by molar-refractivity contribution is -0.576. The van der Waals surface area contributed by atoms with Crippen molar-refractivity contribution in [1.82, 2.24) is 4.57 Å². The smallest absolute Gasteiger partial charge is 0.337 e. The third-order valence-electron chi connectivity index (χ3n) is 6.64.